The monoisotopic (exact) mass is 377 g/mol. The van der Waals surface area contributed by atoms with E-state index in [1.165, 1.54) is 0 Å². The number of nitrogens with one attached hydrogen (secondary N) is 1. The molecule has 2 N–H and O–H groups in total. The molecule has 1 saturated heterocycles. The van der Waals surface area contributed by atoms with Crippen LogP contribution >= 0.6 is 0 Å². The molecule has 2 aliphatic rings. The molecule has 28 heavy (non-hydrogen) atoms. The minimum absolute atomic E-state index is 0.145. The maximum atomic E-state index is 9.75. The van der Waals surface area contributed by atoms with Gasteiger partial charge in [-0.05, 0) is 31.7 Å². The average Bonchev–Trinajstić information content (AvgIpc) is 3.34. The van der Waals surface area contributed by atoms with Crippen molar-refractivity contribution >= 4 is 11.0 Å². The minimum Gasteiger partial charge on any atom is -0.393 e. The zero-order valence-corrected chi connectivity index (χ0v) is 15.6. The van der Waals surface area contributed by atoms with Crippen molar-refractivity contribution in [2.75, 3.05) is 13.1 Å². The van der Waals surface area contributed by atoms with Crippen LogP contribution in [0, 0.1) is 11.3 Å². The van der Waals surface area contributed by atoms with E-state index in [9.17, 15) is 10.4 Å². The van der Waals surface area contributed by atoms with E-state index in [0.717, 1.165) is 61.1 Å². The SMILES string of the molecule is N#CCC1(n2cc(-c3ncnc4[nH]ccc34)cn2)CN(C2CCC(O)CC2)C1. The van der Waals surface area contributed by atoms with Crippen molar-refractivity contribution in [2.24, 2.45) is 0 Å². The number of hydrogen-bond acceptors (Lipinski definition) is 6. The van der Waals surface area contributed by atoms with Gasteiger partial charge in [-0.15, -0.1) is 0 Å². The molecule has 8 heteroatoms. The second kappa shape index (κ2) is 6.69. The Kier molecular flexibility index (Phi) is 4.14. The number of hydrogen-bond donors (Lipinski definition) is 2. The highest BCUT2D eigenvalue weighted by Gasteiger charge is 2.48. The maximum absolute atomic E-state index is 9.75. The van der Waals surface area contributed by atoms with Crippen molar-refractivity contribution in [2.45, 2.75) is 49.8 Å². The van der Waals surface area contributed by atoms with Gasteiger partial charge in [0.05, 0.1) is 30.5 Å². The lowest BCUT2D eigenvalue weighted by molar-refractivity contribution is -0.0462. The maximum Gasteiger partial charge on any atom is 0.141 e. The number of H-pyrrole nitrogens is 1. The van der Waals surface area contributed by atoms with Crippen LogP contribution in [0.1, 0.15) is 32.1 Å². The van der Waals surface area contributed by atoms with Gasteiger partial charge in [-0.1, -0.05) is 0 Å². The van der Waals surface area contributed by atoms with E-state index >= 15 is 0 Å². The van der Waals surface area contributed by atoms with Crippen LogP contribution in [0.2, 0.25) is 0 Å². The zero-order chi connectivity index (χ0) is 19.1. The van der Waals surface area contributed by atoms with Crippen LogP contribution in [-0.2, 0) is 5.54 Å². The molecule has 0 amide bonds. The number of rotatable bonds is 4. The summed E-state index contributed by atoms with van der Waals surface area (Å²) in [5.74, 6) is 0. The van der Waals surface area contributed by atoms with Crippen molar-refractivity contribution in [3.63, 3.8) is 0 Å². The Hall–Kier alpha value is -2.76. The Labute approximate surface area is 162 Å². The third-order valence-corrected chi connectivity index (χ3v) is 6.28. The lowest BCUT2D eigenvalue weighted by Gasteiger charge is -2.53. The average molecular weight is 377 g/mol. The van der Waals surface area contributed by atoms with E-state index in [0.29, 0.717) is 12.5 Å². The number of aliphatic hydroxyl groups excluding tert-OH is 1. The molecule has 3 aromatic rings. The van der Waals surface area contributed by atoms with Gasteiger partial charge in [0.25, 0.3) is 0 Å². The van der Waals surface area contributed by atoms with Gasteiger partial charge in [0.1, 0.15) is 17.5 Å². The molecule has 0 aromatic carbocycles. The first kappa shape index (κ1) is 17.3. The van der Waals surface area contributed by atoms with Gasteiger partial charge in [0.15, 0.2) is 0 Å². The topological polar surface area (TPSA) is 107 Å². The minimum atomic E-state index is -0.284. The van der Waals surface area contributed by atoms with Crippen LogP contribution in [0.25, 0.3) is 22.3 Å². The highest BCUT2D eigenvalue weighted by molar-refractivity contribution is 5.89. The van der Waals surface area contributed by atoms with Crippen LogP contribution in [-0.4, -0.2) is 60.0 Å². The van der Waals surface area contributed by atoms with Crippen molar-refractivity contribution in [1.29, 1.82) is 5.26 Å². The fourth-order valence-corrected chi connectivity index (χ4v) is 4.68. The molecule has 2 fully saturated rings. The number of nitriles is 1. The van der Waals surface area contributed by atoms with Crippen LogP contribution in [0.3, 0.4) is 0 Å². The number of fused-ring (bicyclic) bond motifs is 1. The van der Waals surface area contributed by atoms with E-state index in [4.69, 9.17) is 0 Å². The van der Waals surface area contributed by atoms with Crippen molar-refractivity contribution in [1.82, 2.24) is 29.6 Å². The predicted molar refractivity (Wildman–Crippen MR) is 103 cm³/mol. The van der Waals surface area contributed by atoms with Crippen molar-refractivity contribution in [3.8, 4) is 17.3 Å². The Morgan fingerprint density at radius 2 is 2.07 bits per heavy atom. The third kappa shape index (κ3) is 2.79. The lowest BCUT2D eigenvalue weighted by Crippen LogP contribution is -2.65. The molecule has 0 spiro atoms. The normalized spacial score (nSPS) is 24.7. The molecule has 8 nitrogen and oxygen atoms in total. The Balaban J connectivity index is 1.39. The fraction of sp³-hybridized carbons (Fsp3) is 0.500. The quantitative estimate of drug-likeness (QED) is 0.721. The summed E-state index contributed by atoms with van der Waals surface area (Å²) in [7, 11) is 0. The second-order valence-corrected chi connectivity index (χ2v) is 8.06. The summed E-state index contributed by atoms with van der Waals surface area (Å²) in [6.07, 6.45) is 11.3. The van der Waals surface area contributed by atoms with Gasteiger partial charge >= 0.3 is 0 Å². The van der Waals surface area contributed by atoms with E-state index in [-0.39, 0.29) is 11.6 Å². The number of aliphatic hydroxyl groups is 1. The first-order valence-corrected chi connectivity index (χ1v) is 9.81. The molecule has 3 aromatic heterocycles. The molecule has 0 bridgehead atoms. The fourth-order valence-electron chi connectivity index (χ4n) is 4.68. The zero-order valence-electron chi connectivity index (χ0n) is 15.6. The Bertz CT molecular complexity index is 1020. The van der Waals surface area contributed by atoms with E-state index < -0.39 is 0 Å². The van der Waals surface area contributed by atoms with Crippen LogP contribution in [0.15, 0.2) is 31.0 Å². The molecule has 1 aliphatic heterocycles. The highest BCUT2D eigenvalue weighted by Crippen LogP contribution is 2.38. The molecule has 1 saturated carbocycles. The Morgan fingerprint density at radius 3 is 2.86 bits per heavy atom. The molecular formula is C20H23N7O. The van der Waals surface area contributed by atoms with Gasteiger partial charge in [0.2, 0.25) is 0 Å². The molecule has 144 valence electrons. The van der Waals surface area contributed by atoms with Gasteiger partial charge in [0, 0.05) is 42.5 Å². The van der Waals surface area contributed by atoms with Gasteiger partial charge in [-0.25, -0.2) is 9.97 Å². The van der Waals surface area contributed by atoms with Gasteiger partial charge in [-0.3, -0.25) is 9.58 Å². The molecule has 5 rings (SSSR count). The molecule has 1 aliphatic carbocycles. The Morgan fingerprint density at radius 1 is 1.25 bits per heavy atom. The summed E-state index contributed by atoms with van der Waals surface area (Å²) < 4.78 is 1.96. The summed E-state index contributed by atoms with van der Waals surface area (Å²) in [5.41, 5.74) is 2.30. The molecule has 0 radical (unpaired) electrons. The number of likely N-dealkylation sites (tertiary alicyclic amines) is 1. The summed E-state index contributed by atoms with van der Waals surface area (Å²) in [5, 5.41) is 24.8. The molecule has 4 heterocycles. The lowest BCUT2D eigenvalue weighted by atomic mass is 9.82. The smallest absolute Gasteiger partial charge is 0.141 e. The van der Waals surface area contributed by atoms with Crippen molar-refractivity contribution < 1.29 is 5.11 Å². The largest absolute Gasteiger partial charge is 0.393 e. The highest BCUT2D eigenvalue weighted by atomic mass is 16.3. The van der Waals surface area contributed by atoms with Gasteiger partial charge < -0.3 is 10.1 Å². The summed E-state index contributed by atoms with van der Waals surface area (Å²) >= 11 is 0. The van der Waals surface area contributed by atoms with Gasteiger partial charge in [-0.2, -0.15) is 10.4 Å². The van der Waals surface area contributed by atoms with Crippen LogP contribution in [0.5, 0.6) is 0 Å². The third-order valence-electron chi connectivity index (χ3n) is 6.28. The van der Waals surface area contributed by atoms with E-state index in [1.807, 2.05) is 29.3 Å². The first-order valence-electron chi connectivity index (χ1n) is 9.81. The second-order valence-electron chi connectivity index (χ2n) is 8.06. The number of nitrogens with zero attached hydrogens (tertiary/aromatic N) is 6. The van der Waals surface area contributed by atoms with Crippen LogP contribution < -0.4 is 0 Å². The molecule has 0 unspecified atom stereocenters. The van der Waals surface area contributed by atoms with Crippen molar-refractivity contribution in [3.05, 3.63) is 31.0 Å². The summed E-state index contributed by atoms with van der Waals surface area (Å²) in [6.45, 7) is 1.65. The first-order chi connectivity index (χ1) is 13.7. The molecular weight excluding hydrogens is 354 g/mol. The predicted octanol–water partition coefficient (Wildman–Crippen LogP) is 2.05. The number of aromatic nitrogens is 5. The van der Waals surface area contributed by atoms with Crippen LogP contribution in [0.4, 0.5) is 0 Å². The van der Waals surface area contributed by atoms with E-state index in [1.54, 1.807) is 6.33 Å². The summed E-state index contributed by atoms with van der Waals surface area (Å²) in [4.78, 5) is 14.2. The molecule has 0 atom stereocenters. The van der Waals surface area contributed by atoms with E-state index in [2.05, 4.69) is 31.0 Å². The number of aromatic amines is 1. The summed E-state index contributed by atoms with van der Waals surface area (Å²) in [6, 6.07) is 4.83. The standard InChI is InChI=1S/C20H23N7O/c21-7-6-20(11-26(12-20)15-1-3-16(28)4-2-15)27-10-14(9-25-27)18-17-5-8-22-19(17)24-13-23-18/h5,8-10,13,15-16,28H,1-4,6,11-12H2,(H,22,23,24).